The van der Waals surface area contributed by atoms with E-state index in [0.29, 0.717) is 43.6 Å². The van der Waals surface area contributed by atoms with Crippen LogP contribution in [0.25, 0.3) is 0 Å². The predicted octanol–water partition coefficient (Wildman–Crippen LogP) is 8.38. The molecule has 9 rings (SSSR count). The number of allylic oxidation sites excluding steroid dienone is 4. The minimum absolute atomic E-state index is 0.0355. The van der Waals surface area contributed by atoms with Crippen LogP contribution in [-0.4, -0.2) is 88.7 Å². The number of rotatable bonds is 12. The Hall–Kier alpha value is -3.49. The molecule has 10 nitrogen and oxygen atoms in total. The van der Waals surface area contributed by atoms with Gasteiger partial charge in [0.15, 0.2) is 5.78 Å². The number of aliphatic hydroxyl groups is 3. The second-order valence-electron chi connectivity index (χ2n) is 23.3. The largest absolute Gasteiger partial charge is 0.480 e. The van der Waals surface area contributed by atoms with Crippen LogP contribution in [0.1, 0.15) is 149 Å². The van der Waals surface area contributed by atoms with Crippen LogP contribution < -0.4 is 10.2 Å². The number of hydrogen-bond donors (Lipinski definition) is 5. The summed E-state index contributed by atoms with van der Waals surface area (Å²) in [5, 5.41) is 47.7. The van der Waals surface area contributed by atoms with Gasteiger partial charge in [-0.2, -0.15) is 0 Å². The van der Waals surface area contributed by atoms with Gasteiger partial charge in [-0.25, -0.2) is 0 Å². The highest BCUT2D eigenvalue weighted by Crippen LogP contribution is 2.69. The molecular weight excluding hydrogens is 829 g/mol. The second-order valence-corrected chi connectivity index (χ2v) is 23.3. The summed E-state index contributed by atoms with van der Waals surface area (Å²) in [5.41, 5.74) is 5.03. The standard InChI is InChI=1S/C56H78N2O8/c1-7-22-56(65)24-21-44-41-15-11-35-27-38(59)14-16-40(35)51(41)42(31-54(44,56)4)34-9-12-37(13-10-34)58(6)25-26-66-39-20-23-53(3)36(28-39)29-47(60)52-45-18-17-43(55(45,5)48(61)30-46(52)53)33(2)8-19-49(62)57-32-50(63)64/h9-10,12-13,27,33,36,39,41-48,52,60-61,65H,8,11,14-21,23-26,28-32H2,1-6H3,(H,57,62)(H,63,64)/t33-,36+,39+,41+,42-,43-,44+,45+,46+,47-,48+,52+,53+,54+,55-,56+/m1/s1. The van der Waals surface area contributed by atoms with E-state index in [1.54, 1.807) is 0 Å². The van der Waals surface area contributed by atoms with Crippen molar-refractivity contribution in [1.29, 1.82) is 0 Å². The van der Waals surface area contributed by atoms with Crippen molar-refractivity contribution in [3.8, 4) is 11.8 Å². The first-order chi connectivity index (χ1) is 31.4. The van der Waals surface area contributed by atoms with Crippen LogP contribution in [0.4, 0.5) is 5.69 Å². The monoisotopic (exact) mass is 907 g/mol. The Morgan fingerprint density at radius 1 is 0.955 bits per heavy atom. The molecule has 0 unspecified atom stereocenters. The van der Waals surface area contributed by atoms with E-state index in [1.165, 1.54) is 22.3 Å². The summed E-state index contributed by atoms with van der Waals surface area (Å²) >= 11 is 0. The van der Waals surface area contributed by atoms with Crippen molar-refractivity contribution >= 4 is 23.3 Å². The number of carbonyl (C=O) groups is 3. The number of anilines is 1. The highest BCUT2D eigenvalue weighted by Gasteiger charge is 2.66. The molecule has 10 heteroatoms. The number of hydrogen-bond acceptors (Lipinski definition) is 8. The van der Waals surface area contributed by atoms with Crippen molar-refractivity contribution in [2.45, 2.75) is 167 Å². The number of fused-ring (bicyclic) bond motifs is 9. The topological polar surface area (TPSA) is 157 Å². The zero-order valence-corrected chi connectivity index (χ0v) is 40.6. The molecule has 0 bridgehead atoms. The molecule has 16 atom stereocenters. The normalized spacial score (nSPS) is 41.7. The van der Waals surface area contributed by atoms with Gasteiger partial charge in [0.1, 0.15) is 12.1 Å². The molecule has 8 aliphatic rings. The molecule has 0 radical (unpaired) electrons. The first-order valence-electron chi connectivity index (χ1n) is 25.8. The molecule has 0 aromatic heterocycles. The molecule has 1 aromatic carbocycles. The zero-order valence-electron chi connectivity index (χ0n) is 40.6. The molecule has 0 aliphatic heterocycles. The first-order valence-corrected chi connectivity index (χ1v) is 25.8. The quantitative estimate of drug-likeness (QED) is 0.130. The number of amides is 1. The summed E-state index contributed by atoms with van der Waals surface area (Å²) in [4.78, 5) is 38.1. The Labute approximate surface area is 393 Å². The smallest absolute Gasteiger partial charge is 0.322 e. The molecule has 6 fully saturated rings. The van der Waals surface area contributed by atoms with Crippen molar-refractivity contribution in [2.24, 2.45) is 63.6 Å². The van der Waals surface area contributed by atoms with Crippen LogP contribution in [0.15, 0.2) is 47.1 Å². The van der Waals surface area contributed by atoms with Crippen LogP contribution in [0.5, 0.6) is 0 Å². The third-order valence-electron chi connectivity index (χ3n) is 20.5. The Balaban J connectivity index is 0.820. The number of nitrogens with zero attached hydrogens (tertiary/aromatic N) is 1. The highest BCUT2D eigenvalue weighted by atomic mass is 16.5. The van der Waals surface area contributed by atoms with Gasteiger partial charge in [0.05, 0.1) is 24.9 Å². The Bertz CT molecular complexity index is 2170. The number of ketones is 1. The van der Waals surface area contributed by atoms with E-state index in [0.717, 1.165) is 89.3 Å². The number of ether oxygens (including phenoxy) is 1. The van der Waals surface area contributed by atoms with Gasteiger partial charge < -0.3 is 35.4 Å². The Morgan fingerprint density at radius 3 is 2.47 bits per heavy atom. The van der Waals surface area contributed by atoms with Gasteiger partial charge in [-0.3, -0.25) is 14.4 Å². The maximum atomic E-state index is 12.5. The third-order valence-corrected chi connectivity index (χ3v) is 20.5. The fourth-order valence-corrected chi connectivity index (χ4v) is 16.9. The maximum absolute atomic E-state index is 12.5. The molecule has 0 saturated heterocycles. The number of carboxylic acids is 1. The molecule has 0 heterocycles. The van der Waals surface area contributed by atoms with Crippen molar-refractivity contribution in [1.82, 2.24) is 5.32 Å². The van der Waals surface area contributed by atoms with E-state index >= 15 is 0 Å². The zero-order chi connectivity index (χ0) is 46.9. The molecule has 66 heavy (non-hydrogen) atoms. The highest BCUT2D eigenvalue weighted by molar-refractivity contribution is 5.93. The van der Waals surface area contributed by atoms with E-state index in [1.807, 2.05) is 13.0 Å². The van der Waals surface area contributed by atoms with Gasteiger partial charge in [-0.15, -0.1) is 5.92 Å². The number of carbonyl (C=O) groups excluding carboxylic acids is 2. The first kappa shape index (κ1) is 47.6. The minimum Gasteiger partial charge on any atom is -0.480 e. The number of likely N-dealkylation sites (N-methyl/N-ethyl adjacent to an activating group) is 1. The molecule has 1 amide bonds. The van der Waals surface area contributed by atoms with Gasteiger partial charge in [0.2, 0.25) is 5.91 Å². The average Bonchev–Trinajstić information content (AvgIpc) is 3.78. The van der Waals surface area contributed by atoms with Crippen LogP contribution in [0.3, 0.4) is 0 Å². The number of nitrogens with one attached hydrogen (secondary N) is 1. The van der Waals surface area contributed by atoms with Gasteiger partial charge in [0.25, 0.3) is 0 Å². The summed E-state index contributed by atoms with van der Waals surface area (Å²) in [7, 11) is 2.13. The summed E-state index contributed by atoms with van der Waals surface area (Å²) in [5.74, 6) is 7.68. The van der Waals surface area contributed by atoms with Crippen LogP contribution in [0, 0.1) is 75.4 Å². The lowest BCUT2D eigenvalue weighted by Gasteiger charge is -2.63. The Kier molecular flexibility index (Phi) is 13.1. The molecule has 8 aliphatic carbocycles. The molecule has 6 saturated carbocycles. The van der Waals surface area contributed by atoms with Gasteiger partial charge >= 0.3 is 5.97 Å². The lowest BCUT2D eigenvalue weighted by Crippen LogP contribution is -2.62. The van der Waals surface area contributed by atoms with Crippen LogP contribution in [0.2, 0.25) is 0 Å². The fourth-order valence-electron chi connectivity index (χ4n) is 16.9. The predicted molar refractivity (Wildman–Crippen MR) is 255 cm³/mol. The molecule has 1 aromatic rings. The molecular formula is C56H78N2O8. The summed E-state index contributed by atoms with van der Waals surface area (Å²) in [6, 6.07) is 9.08. The van der Waals surface area contributed by atoms with Crippen LogP contribution in [-0.2, 0) is 19.1 Å². The minimum atomic E-state index is -1.05. The SMILES string of the molecule is CC#C[C@]1(O)CC[C@H]2[C@@H]3CCC4=CC(=O)CCC4=C3[C@@H](c3ccc(N(C)CCO[C@H]4CC[C@@]5(C)[C@@H](C4)C[C@@H](O)[C@@H]4[C@@H]5C[C@H](O)[C@]5(C)[C@@H]([C@H](C)CCC(=O)NCC(=O)O)CC[C@@H]45)cc3)C[C@@]21C. The average molecular weight is 907 g/mol. The summed E-state index contributed by atoms with van der Waals surface area (Å²) < 4.78 is 6.68. The van der Waals surface area contributed by atoms with E-state index in [2.05, 4.69) is 81.1 Å². The number of aliphatic hydroxyl groups excluding tert-OH is 2. The van der Waals surface area contributed by atoms with Crippen molar-refractivity contribution in [3.05, 3.63) is 52.6 Å². The van der Waals surface area contributed by atoms with Crippen LogP contribution >= 0.6 is 0 Å². The van der Waals surface area contributed by atoms with E-state index in [-0.39, 0.29) is 82.5 Å². The lowest BCUT2D eigenvalue weighted by molar-refractivity contribution is -0.209. The molecule has 0 spiro atoms. The number of benzene rings is 1. The number of carboxylic acid groups (broad SMARTS) is 1. The van der Waals surface area contributed by atoms with Crippen molar-refractivity contribution in [3.63, 3.8) is 0 Å². The molecule has 360 valence electrons. The second kappa shape index (κ2) is 18.1. The van der Waals surface area contributed by atoms with Gasteiger partial charge in [0, 0.05) is 43.5 Å². The fraction of sp³-hybridized carbons (Fsp3) is 0.732. The van der Waals surface area contributed by atoms with E-state index in [9.17, 15) is 29.7 Å². The number of aliphatic carboxylic acids is 1. The molecule has 5 N–H and O–H groups in total. The van der Waals surface area contributed by atoms with Crippen molar-refractivity contribution < 1.29 is 39.5 Å². The van der Waals surface area contributed by atoms with Gasteiger partial charge in [-0.05, 0) is 190 Å². The van der Waals surface area contributed by atoms with E-state index in [4.69, 9.17) is 9.84 Å². The van der Waals surface area contributed by atoms with Crippen molar-refractivity contribution in [2.75, 3.05) is 31.6 Å². The summed E-state index contributed by atoms with van der Waals surface area (Å²) in [6.07, 6.45) is 14.4. The van der Waals surface area contributed by atoms with Gasteiger partial charge in [-0.1, -0.05) is 51.3 Å². The summed E-state index contributed by atoms with van der Waals surface area (Å²) in [6.45, 7) is 12.0. The van der Waals surface area contributed by atoms with E-state index < -0.39 is 23.8 Å². The third kappa shape index (κ3) is 8.02. The maximum Gasteiger partial charge on any atom is 0.322 e. The lowest BCUT2D eigenvalue weighted by atomic mass is 9.43. The Morgan fingerprint density at radius 2 is 1.73 bits per heavy atom.